The van der Waals surface area contributed by atoms with Gasteiger partial charge in [0.2, 0.25) is 0 Å². The first-order valence-corrected chi connectivity index (χ1v) is 6.20. The number of benzene rings is 1. The number of likely N-dealkylation sites (tertiary alicyclic amines) is 1. The molecule has 1 aliphatic heterocycles. The van der Waals surface area contributed by atoms with Crippen molar-refractivity contribution in [3.63, 3.8) is 0 Å². The predicted molar refractivity (Wildman–Crippen MR) is 66.3 cm³/mol. The van der Waals surface area contributed by atoms with Gasteiger partial charge in [-0.1, -0.05) is 18.2 Å². The Bertz CT molecular complexity index is 611. The molecule has 2 heterocycles. The maximum Gasteiger partial charge on any atom is 0.257 e. The number of furan rings is 1. The molecule has 1 amide bonds. The van der Waals surface area contributed by atoms with Crippen LogP contribution in [0.15, 0.2) is 34.9 Å². The summed E-state index contributed by atoms with van der Waals surface area (Å²) >= 11 is 0. The van der Waals surface area contributed by atoms with Crippen molar-refractivity contribution < 1.29 is 18.0 Å². The maximum atomic E-state index is 13.1. The van der Waals surface area contributed by atoms with Crippen molar-refractivity contribution in [2.45, 2.75) is 18.8 Å². The fourth-order valence-corrected chi connectivity index (χ4v) is 2.35. The van der Waals surface area contributed by atoms with Gasteiger partial charge < -0.3 is 9.32 Å². The molecule has 3 rings (SSSR count). The number of carbonyl (C=O) groups is 1. The number of fused-ring (bicyclic) bond motifs is 1. The molecule has 0 bridgehead atoms. The van der Waals surface area contributed by atoms with Gasteiger partial charge in [-0.05, 0) is 6.07 Å². The van der Waals surface area contributed by atoms with E-state index in [9.17, 15) is 13.6 Å². The fraction of sp³-hybridized carbons (Fsp3) is 0.357. The second-order valence-electron chi connectivity index (χ2n) is 4.79. The second-order valence-corrected chi connectivity index (χ2v) is 4.79. The molecule has 0 saturated carbocycles. The lowest BCUT2D eigenvalue weighted by Crippen LogP contribution is -2.42. The molecule has 0 spiro atoms. The van der Waals surface area contributed by atoms with Crippen LogP contribution >= 0.6 is 0 Å². The summed E-state index contributed by atoms with van der Waals surface area (Å²) in [7, 11) is 0. The number of para-hydroxylation sites is 1. The Morgan fingerprint density at radius 1 is 1.21 bits per heavy atom. The molecule has 19 heavy (non-hydrogen) atoms. The minimum Gasteiger partial charge on any atom is -0.463 e. The molecule has 0 radical (unpaired) electrons. The van der Waals surface area contributed by atoms with Crippen molar-refractivity contribution in [3.05, 3.63) is 36.1 Å². The Morgan fingerprint density at radius 3 is 2.63 bits per heavy atom. The molecule has 0 unspecified atom stereocenters. The first kappa shape index (κ1) is 12.1. The monoisotopic (exact) mass is 265 g/mol. The largest absolute Gasteiger partial charge is 0.463 e. The third kappa shape index (κ3) is 2.20. The van der Waals surface area contributed by atoms with Gasteiger partial charge in [-0.3, -0.25) is 4.79 Å². The first-order chi connectivity index (χ1) is 9.07. The number of hydrogen-bond donors (Lipinski definition) is 0. The number of halogens is 2. The van der Waals surface area contributed by atoms with Gasteiger partial charge in [0.15, 0.2) is 0 Å². The minimum atomic E-state index is -2.64. The van der Waals surface area contributed by atoms with Crippen molar-refractivity contribution >= 4 is 16.9 Å². The second kappa shape index (κ2) is 4.33. The zero-order valence-corrected chi connectivity index (χ0v) is 10.2. The zero-order valence-electron chi connectivity index (χ0n) is 10.2. The van der Waals surface area contributed by atoms with Crippen LogP contribution in [0.5, 0.6) is 0 Å². The maximum absolute atomic E-state index is 13.1. The number of rotatable bonds is 1. The van der Waals surface area contributed by atoms with Gasteiger partial charge in [0.05, 0.1) is 5.56 Å². The predicted octanol–water partition coefficient (Wildman–Crippen LogP) is 3.30. The summed E-state index contributed by atoms with van der Waals surface area (Å²) in [5.74, 6) is -2.88. The number of hydrogen-bond acceptors (Lipinski definition) is 2. The van der Waals surface area contributed by atoms with E-state index in [1.807, 2.05) is 12.1 Å². The van der Waals surface area contributed by atoms with Crippen LogP contribution in [0.25, 0.3) is 11.0 Å². The van der Waals surface area contributed by atoms with Gasteiger partial charge in [0.1, 0.15) is 11.8 Å². The smallest absolute Gasteiger partial charge is 0.257 e. The van der Waals surface area contributed by atoms with E-state index in [-0.39, 0.29) is 31.8 Å². The summed E-state index contributed by atoms with van der Waals surface area (Å²) in [5, 5.41) is 0.727. The van der Waals surface area contributed by atoms with Crippen LogP contribution in [0.2, 0.25) is 0 Å². The van der Waals surface area contributed by atoms with Gasteiger partial charge in [-0.25, -0.2) is 8.78 Å². The molecule has 3 nitrogen and oxygen atoms in total. The molecule has 5 heteroatoms. The molecule has 0 N–H and O–H groups in total. The van der Waals surface area contributed by atoms with E-state index >= 15 is 0 Å². The van der Waals surface area contributed by atoms with E-state index < -0.39 is 5.92 Å². The Hall–Kier alpha value is -1.91. The molecule has 2 aromatic rings. The van der Waals surface area contributed by atoms with Crippen LogP contribution in [0, 0.1) is 0 Å². The lowest BCUT2D eigenvalue weighted by molar-refractivity contribution is -0.0494. The van der Waals surface area contributed by atoms with Gasteiger partial charge in [-0.15, -0.1) is 0 Å². The number of alkyl halides is 2. The number of nitrogens with zero attached hydrogens (tertiary/aromatic N) is 1. The zero-order chi connectivity index (χ0) is 13.5. The lowest BCUT2D eigenvalue weighted by atomic mass is 10.1. The number of piperidine rings is 1. The molecule has 1 aliphatic rings. The molecule has 1 saturated heterocycles. The van der Waals surface area contributed by atoms with Gasteiger partial charge >= 0.3 is 0 Å². The van der Waals surface area contributed by atoms with Crippen LogP contribution in [0.1, 0.15) is 23.2 Å². The van der Waals surface area contributed by atoms with E-state index in [4.69, 9.17) is 4.42 Å². The summed E-state index contributed by atoms with van der Waals surface area (Å²) in [4.78, 5) is 13.8. The van der Waals surface area contributed by atoms with E-state index in [0.717, 1.165) is 5.39 Å². The molecule has 100 valence electrons. The third-order valence-electron chi connectivity index (χ3n) is 3.49. The van der Waals surface area contributed by atoms with Crippen molar-refractivity contribution in [2.24, 2.45) is 0 Å². The first-order valence-electron chi connectivity index (χ1n) is 6.20. The topological polar surface area (TPSA) is 33.5 Å². The van der Waals surface area contributed by atoms with Gasteiger partial charge in [-0.2, -0.15) is 0 Å². The van der Waals surface area contributed by atoms with Gasteiger partial charge in [0, 0.05) is 31.3 Å². The molecule has 1 fully saturated rings. The SMILES string of the molecule is O=C(c1coc2ccccc12)N1CCC(F)(F)CC1. The summed E-state index contributed by atoms with van der Waals surface area (Å²) < 4.78 is 31.5. The summed E-state index contributed by atoms with van der Waals surface area (Å²) in [6, 6.07) is 7.21. The highest BCUT2D eigenvalue weighted by atomic mass is 19.3. The summed E-state index contributed by atoms with van der Waals surface area (Å²) in [6.45, 7) is 0.177. The summed E-state index contributed by atoms with van der Waals surface area (Å²) in [5.41, 5.74) is 1.08. The van der Waals surface area contributed by atoms with Crippen molar-refractivity contribution in [3.8, 4) is 0 Å². The molecular formula is C14H13F2NO2. The quantitative estimate of drug-likeness (QED) is 0.792. The van der Waals surface area contributed by atoms with Crippen molar-refractivity contribution in [2.75, 3.05) is 13.1 Å². The van der Waals surface area contributed by atoms with E-state index in [1.54, 1.807) is 12.1 Å². The lowest BCUT2D eigenvalue weighted by Gasteiger charge is -2.31. The van der Waals surface area contributed by atoms with Crippen LogP contribution in [-0.4, -0.2) is 29.8 Å². The number of carbonyl (C=O) groups excluding carboxylic acids is 1. The van der Waals surface area contributed by atoms with E-state index in [2.05, 4.69) is 0 Å². The molecule has 1 aromatic heterocycles. The normalized spacial score (nSPS) is 18.7. The fourth-order valence-electron chi connectivity index (χ4n) is 2.35. The Morgan fingerprint density at radius 2 is 1.89 bits per heavy atom. The minimum absolute atomic E-state index is 0.0886. The van der Waals surface area contributed by atoms with Gasteiger partial charge in [0.25, 0.3) is 11.8 Å². The van der Waals surface area contributed by atoms with Crippen LogP contribution in [0.4, 0.5) is 8.78 Å². The van der Waals surface area contributed by atoms with Crippen LogP contribution in [0.3, 0.4) is 0 Å². The molecular weight excluding hydrogens is 252 g/mol. The highest BCUT2D eigenvalue weighted by Crippen LogP contribution is 2.29. The standard InChI is InChI=1S/C14H13F2NO2/c15-14(16)5-7-17(8-6-14)13(18)11-9-19-12-4-2-1-3-10(11)12/h1-4,9H,5-8H2. The van der Waals surface area contributed by atoms with Crippen molar-refractivity contribution in [1.29, 1.82) is 0 Å². The summed E-state index contributed by atoms with van der Waals surface area (Å²) in [6.07, 6.45) is 0.864. The Labute approximate surface area is 108 Å². The third-order valence-corrected chi connectivity index (χ3v) is 3.49. The molecule has 1 aromatic carbocycles. The highest BCUT2D eigenvalue weighted by molar-refractivity contribution is 6.05. The van der Waals surface area contributed by atoms with E-state index in [0.29, 0.717) is 11.1 Å². The van der Waals surface area contributed by atoms with Crippen LogP contribution < -0.4 is 0 Å². The average Bonchev–Trinajstić information content (AvgIpc) is 2.82. The average molecular weight is 265 g/mol. The molecule has 0 atom stereocenters. The number of amides is 1. The van der Waals surface area contributed by atoms with E-state index in [1.165, 1.54) is 11.2 Å². The Kier molecular flexibility index (Phi) is 2.77. The molecule has 0 aliphatic carbocycles. The van der Waals surface area contributed by atoms with Crippen molar-refractivity contribution in [1.82, 2.24) is 4.90 Å². The van der Waals surface area contributed by atoms with Crippen LogP contribution in [-0.2, 0) is 0 Å². The highest BCUT2D eigenvalue weighted by Gasteiger charge is 2.36. The Balaban J connectivity index is 1.85.